The van der Waals surface area contributed by atoms with E-state index in [9.17, 15) is 4.21 Å². The van der Waals surface area contributed by atoms with E-state index in [4.69, 9.17) is 5.11 Å². The Morgan fingerprint density at radius 2 is 2.07 bits per heavy atom. The van der Waals surface area contributed by atoms with E-state index in [1.54, 1.807) is 6.07 Å². The van der Waals surface area contributed by atoms with E-state index >= 15 is 0 Å². The number of nitrogens with zero attached hydrogens (tertiary/aromatic N) is 3. The van der Waals surface area contributed by atoms with Crippen molar-refractivity contribution in [1.82, 2.24) is 10.2 Å². The fraction of sp³-hybridized carbons (Fsp3) is 0.556. The average Bonchev–Trinajstić information content (AvgIpc) is 2.30. The number of anilines is 1. The Hall–Kier alpha value is -1.01. The summed E-state index contributed by atoms with van der Waals surface area (Å²) < 4.78 is 11.2. The van der Waals surface area contributed by atoms with Crippen molar-refractivity contribution < 1.29 is 9.32 Å². The lowest BCUT2D eigenvalue weighted by molar-refractivity contribution is 0.275. The lowest BCUT2D eigenvalue weighted by Crippen LogP contribution is -2.38. The van der Waals surface area contributed by atoms with Crippen LogP contribution in [0, 0.1) is 0 Å². The first-order valence-corrected chi connectivity index (χ1v) is 6.32. The third-order valence-electron chi connectivity index (χ3n) is 2.37. The molecule has 1 aromatic heterocycles. The predicted molar refractivity (Wildman–Crippen MR) is 58.0 cm³/mol. The maximum atomic E-state index is 11.2. The van der Waals surface area contributed by atoms with Crippen LogP contribution in [0.5, 0.6) is 0 Å². The molecule has 1 N–H and O–H groups in total. The monoisotopic (exact) mass is 227 g/mol. The summed E-state index contributed by atoms with van der Waals surface area (Å²) in [5.74, 6) is 2.19. The van der Waals surface area contributed by atoms with Crippen LogP contribution in [0.4, 0.5) is 5.82 Å². The summed E-state index contributed by atoms with van der Waals surface area (Å²) in [5.41, 5.74) is 0.569. The first-order valence-electron chi connectivity index (χ1n) is 4.83. The number of aliphatic hydroxyl groups is 1. The Morgan fingerprint density at radius 3 is 2.60 bits per heavy atom. The standard InChI is InChI=1S/C9H13N3O2S/c13-7-8-1-2-9(11-10-8)12-3-5-15(14)6-4-12/h1-2,13H,3-7H2. The van der Waals surface area contributed by atoms with Gasteiger partial charge in [0.05, 0.1) is 12.3 Å². The number of rotatable bonds is 2. The van der Waals surface area contributed by atoms with Gasteiger partial charge in [-0.1, -0.05) is 0 Å². The van der Waals surface area contributed by atoms with Crippen molar-refractivity contribution in [2.75, 3.05) is 29.5 Å². The quantitative estimate of drug-likeness (QED) is 0.740. The summed E-state index contributed by atoms with van der Waals surface area (Å²) in [6, 6.07) is 3.60. The first-order chi connectivity index (χ1) is 7.29. The van der Waals surface area contributed by atoms with Gasteiger partial charge < -0.3 is 10.0 Å². The molecule has 0 saturated carbocycles. The Bertz CT molecular complexity index is 345. The minimum atomic E-state index is -0.671. The lowest BCUT2D eigenvalue weighted by atomic mass is 10.4. The maximum absolute atomic E-state index is 11.2. The molecule has 1 aliphatic heterocycles. The molecule has 6 heteroatoms. The average molecular weight is 227 g/mol. The molecule has 0 radical (unpaired) electrons. The summed E-state index contributed by atoms with van der Waals surface area (Å²) in [6.07, 6.45) is 0. The van der Waals surface area contributed by atoms with E-state index in [0.29, 0.717) is 17.2 Å². The maximum Gasteiger partial charge on any atom is 0.151 e. The van der Waals surface area contributed by atoms with Crippen LogP contribution in [0.15, 0.2) is 12.1 Å². The number of hydrogen-bond acceptors (Lipinski definition) is 5. The van der Waals surface area contributed by atoms with Gasteiger partial charge in [-0.2, -0.15) is 5.10 Å². The summed E-state index contributed by atoms with van der Waals surface area (Å²) in [4.78, 5) is 2.07. The van der Waals surface area contributed by atoms with Crippen molar-refractivity contribution in [3.05, 3.63) is 17.8 Å². The predicted octanol–water partition coefficient (Wildman–Crippen LogP) is -0.462. The Kier molecular flexibility index (Phi) is 3.27. The molecule has 1 aromatic rings. The van der Waals surface area contributed by atoms with E-state index in [-0.39, 0.29) is 6.61 Å². The number of aliphatic hydroxyl groups excluding tert-OH is 1. The van der Waals surface area contributed by atoms with Crippen molar-refractivity contribution in [2.24, 2.45) is 0 Å². The molecule has 15 heavy (non-hydrogen) atoms. The molecule has 0 atom stereocenters. The van der Waals surface area contributed by atoms with Crippen LogP contribution in [-0.2, 0) is 17.4 Å². The van der Waals surface area contributed by atoms with Crippen LogP contribution >= 0.6 is 0 Å². The molecule has 1 saturated heterocycles. The molecule has 0 amide bonds. The second-order valence-electron chi connectivity index (χ2n) is 3.38. The van der Waals surface area contributed by atoms with E-state index < -0.39 is 10.8 Å². The smallest absolute Gasteiger partial charge is 0.151 e. The fourth-order valence-corrected chi connectivity index (χ4v) is 2.52. The lowest BCUT2D eigenvalue weighted by Gasteiger charge is -2.26. The van der Waals surface area contributed by atoms with Crippen LogP contribution in [0.3, 0.4) is 0 Å². The number of aromatic nitrogens is 2. The normalized spacial score (nSPS) is 18.1. The van der Waals surface area contributed by atoms with E-state index in [1.807, 2.05) is 6.07 Å². The van der Waals surface area contributed by atoms with Gasteiger partial charge in [-0.15, -0.1) is 5.10 Å². The topological polar surface area (TPSA) is 66.3 Å². The first kappa shape index (κ1) is 10.5. The van der Waals surface area contributed by atoms with E-state index in [0.717, 1.165) is 18.9 Å². The SMILES string of the molecule is O=S1CCN(c2ccc(CO)nn2)CC1. The van der Waals surface area contributed by atoms with Crippen molar-refractivity contribution >= 4 is 16.6 Å². The molecule has 0 unspecified atom stereocenters. The second kappa shape index (κ2) is 4.67. The van der Waals surface area contributed by atoms with Gasteiger partial charge in [0.15, 0.2) is 5.82 Å². The molecule has 2 rings (SSSR count). The molecule has 2 heterocycles. The Morgan fingerprint density at radius 1 is 1.33 bits per heavy atom. The van der Waals surface area contributed by atoms with E-state index in [2.05, 4.69) is 15.1 Å². The highest BCUT2D eigenvalue weighted by Crippen LogP contribution is 2.12. The zero-order chi connectivity index (χ0) is 10.7. The van der Waals surface area contributed by atoms with Gasteiger partial charge in [0.1, 0.15) is 0 Å². The van der Waals surface area contributed by atoms with Crippen molar-refractivity contribution in [2.45, 2.75) is 6.61 Å². The van der Waals surface area contributed by atoms with Gasteiger partial charge >= 0.3 is 0 Å². The summed E-state index contributed by atoms with van der Waals surface area (Å²) in [6.45, 7) is 1.44. The van der Waals surface area contributed by atoms with Crippen LogP contribution in [0.25, 0.3) is 0 Å². The Balaban J connectivity index is 2.06. The van der Waals surface area contributed by atoms with E-state index in [1.165, 1.54) is 0 Å². The second-order valence-corrected chi connectivity index (χ2v) is 5.07. The third kappa shape index (κ3) is 2.51. The number of hydrogen-bond donors (Lipinski definition) is 1. The minimum absolute atomic E-state index is 0.0860. The highest BCUT2D eigenvalue weighted by Gasteiger charge is 2.16. The molecule has 1 aliphatic rings. The van der Waals surface area contributed by atoms with Crippen molar-refractivity contribution in [3.8, 4) is 0 Å². The van der Waals surface area contributed by atoms with Crippen molar-refractivity contribution in [3.63, 3.8) is 0 Å². The molecule has 5 nitrogen and oxygen atoms in total. The van der Waals surface area contributed by atoms with Crippen LogP contribution < -0.4 is 4.90 Å². The van der Waals surface area contributed by atoms with Crippen LogP contribution in [0.2, 0.25) is 0 Å². The molecule has 1 fully saturated rings. The highest BCUT2D eigenvalue weighted by atomic mass is 32.2. The van der Waals surface area contributed by atoms with Crippen molar-refractivity contribution in [1.29, 1.82) is 0 Å². The molecule has 82 valence electrons. The molecule has 0 aromatic carbocycles. The fourth-order valence-electron chi connectivity index (χ4n) is 1.47. The minimum Gasteiger partial charge on any atom is -0.390 e. The zero-order valence-corrected chi connectivity index (χ0v) is 9.11. The molecule has 0 bridgehead atoms. The van der Waals surface area contributed by atoms with Gasteiger partial charge in [-0.05, 0) is 12.1 Å². The van der Waals surface area contributed by atoms with Gasteiger partial charge in [0, 0.05) is 35.4 Å². The zero-order valence-electron chi connectivity index (χ0n) is 8.30. The molecular weight excluding hydrogens is 214 g/mol. The van der Waals surface area contributed by atoms with Gasteiger partial charge in [0.2, 0.25) is 0 Å². The molecule has 0 spiro atoms. The summed E-state index contributed by atoms with van der Waals surface area (Å²) in [7, 11) is -0.671. The Labute approximate surface area is 90.6 Å². The van der Waals surface area contributed by atoms with Gasteiger partial charge in [-0.25, -0.2) is 0 Å². The van der Waals surface area contributed by atoms with Crippen LogP contribution in [-0.4, -0.2) is 44.1 Å². The molecule has 0 aliphatic carbocycles. The van der Waals surface area contributed by atoms with Crippen LogP contribution in [0.1, 0.15) is 5.69 Å². The summed E-state index contributed by atoms with van der Waals surface area (Å²) in [5, 5.41) is 16.7. The third-order valence-corrected chi connectivity index (χ3v) is 3.65. The highest BCUT2D eigenvalue weighted by molar-refractivity contribution is 7.85. The van der Waals surface area contributed by atoms with Gasteiger partial charge in [0.25, 0.3) is 0 Å². The van der Waals surface area contributed by atoms with Gasteiger partial charge in [-0.3, -0.25) is 4.21 Å². The summed E-state index contributed by atoms with van der Waals surface area (Å²) >= 11 is 0. The molecular formula is C9H13N3O2S. The largest absolute Gasteiger partial charge is 0.390 e.